The second kappa shape index (κ2) is 14.3. The van der Waals surface area contributed by atoms with Crippen LogP contribution in [-0.2, 0) is 34.3 Å². The zero-order valence-corrected chi connectivity index (χ0v) is 24.5. The predicted molar refractivity (Wildman–Crippen MR) is 156 cm³/mol. The maximum atomic E-state index is 12.8. The molecule has 0 aliphatic rings. The third kappa shape index (κ3) is 8.69. The molecule has 1 atom stereocenters. The summed E-state index contributed by atoms with van der Waals surface area (Å²) >= 11 is 4.36. The van der Waals surface area contributed by atoms with Gasteiger partial charge in [0.15, 0.2) is 0 Å². The highest BCUT2D eigenvalue weighted by molar-refractivity contribution is 7.90. The van der Waals surface area contributed by atoms with Gasteiger partial charge in [0.2, 0.25) is 5.91 Å². The highest BCUT2D eigenvalue weighted by Crippen LogP contribution is 2.17. The molecule has 3 rings (SSSR count). The van der Waals surface area contributed by atoms with Crippen molar-refractivity contribution >= 4 is 34.5 Å². The number of benzene rings is 2. The number of nitrogens with zero attached hydrogens (tertiary/aromatic N) is 2. The summed E-state index contributed by atoms with van der Waals surface area (Å²) in [7, 11) is -3.96. The number of amides is 2. The Labute approximate surface area is 237 Å². The quantitative estimate of drug-likeness (QED) is 0.246. The molecule has 39 heavy (non-hydrogen) atoms. The Hall–Kier alpha value is -3.11. The summed E-state index contributed by atoms with van der Waals surface area (Å²) in [6, 6.07) is 14.6. The maximum absolute atomic E-state index is 12.8. The largest absolute Gasteiger partial charge is 0.350 e. The fourth-order valence-electron chi connectivity index (χ4n) is 4.26. The van der Waals surface area contributed by atoms with E-state index >= 15 is 0 Å². The summed E-state index contributed by atoms with van der Waals surface area (Å²) in [5.74, 6) is 0.987. The minimum atomic E-state index is -3.96. The van der Waals surface area contributed by atoms with E-state index in [2.05, 4.69) is 53.0 Å². The number of rotatable bonds is 14. The summed E-state index contributed by atoms with van der Waals surface area (Å²) in [6.45, 7) is 7.18. The van der Waals surface area contributed by atoms with E-state index in [4.69, 9.17) is 0 Å². The Morgan fingerprint density at radius 3 is 2.36 bits per heavy atom. The number of sulfonamides is 1. The first-order valence-corrected chi connectivity index (χ1v) is 15.4. The van der Waals surface area contributed by atoms with Crippen LogP contribution in [0.15, 0.2) is 65.7 Å². The Kier molecular flexibility index (Phi) is 11.2. The second-order valence-corrected chi connectivity index (χ2v) is 12.1. The lowest BCUT2D eigenvalue weighted by Gasteiger charge is -2.18. The van der Waals surface area contributed by atoms with E-state index in [-0.39, 0.29) is 22.3 Å². The van der Waals surface area contributed by atoms with Crippen molar-refractivity contribution < 1.29 is 18.0 Å². The molecule has 1 aromatic heterocycles. The molecule has 0 aliphatic carbocycles. The molecule has 2 amide bonds. The van der Waals surface area contributed by atoms with Crippen LogP contribution >= 0.6 is 12.6 Å². The van der Waals surface area contributed by atoms with Gasteiger partial charge in [-0.1, -0.05) is 57.5 Å². The van der Waals surface area contributed by atoms with Crippen molar-refractivity contribution in [3.63, 3.8) is 0 Å². The average molecular weight is 571 g/mol. The van der Waals surface area contributed by atoms with Crippen molar-refractivity contribution in [1.82, 2.24) is 19.6 Å². The van der Waals surface area contributed by atoms with Gasteiger partial charge in [-0.3, -0.25) is 9.59 Å². The fourth-order valence-corrected chi connectivity index (χ4v) is 5.57. The molecule has 1 unspecified atom stereocenters. The third-order valence-electron chi connectivity index (χ3n) is 6.40. The molecule has 0 radical (unpaired) electrons. The number of aryl methyl sites for hydroxylation is 1. The molecular weight excluding hydrogens is 532 g/mol. The van der Waals surface area contributed by atoms with Crippen molar-refractivity contribution in [2.45, 2.75) is 64.4 Å². The number of hydrogen-bond acceptors (Lipinski definition) is 6. The molecule has 3 aromatic rings. The first kappa shape index (κ1) is 30.4. The molecular formula is C29H38N4O4S2. The van der Waals surface area contributed by atoms with Gasteiger partial charge in [0, 0.05) is 30.2 Å². The Balaban J connectivity index is 1.72. The number of carbonyl (C=O) groups excluding carboxylic acids is 2. The van der Waals surface area contributed by atoms with E-state index in [1.165, 1.54) is 12.1 Å². The van der Waals surface area contributed by atoms with Gasteiger partial charge in [0.05, 0.1) is 23.3 Å². The molecule has 8 nitrogen and oxygen atoms in total. The summed E-state index contributed by atoms with van der Waals surface area (Å²) in [5, 5.41) is 3.05. The second-order valence-electron chi connectivity index (χ2n) is 10.0. The van der Waals surface area contributed by atoms with Crippen molar-refractivity contribution in [2.75, 3.05) is 5.75 Å². The third-order valence-corrected chi connectivity index (χ3v) is 8.19. The van der Waals surface area contributed by atoms with E-state index in [0.717, 1.165) is 42.8 Å². The molecule has 0 saturated heterocycles. The number of hydrogen-bond donors (Lipinski definition) is 3. The highest BCUT2D eigenvalue weighted by atomic mass is 32.2. The maximum Gasteiger partial charge on any atom is 0.264 e. The van der Waals surface area contributed by atoms with E-state index in [0.29, 0.717) is 24.8 Å². The van der Waals surface area contributed by atoms with Crippen molar-refractivity contribution in [1.29, 1.82) is 0 Å². The smallest absolute Gasteiger partial charge is 0.264 e. The Morgan fingerprint density at radius 2 is 1.74 bits per heavy atom. The Bertz CT molecular complexity index is 1340. The average Bonchev–Trinajstić information content (AvgIpc) is 3.30. The number of thiol groups is 1. The number of unbranched alkanes of at least 4 members (excludes halogenated alkanes) is 1. The fraction of sp³-hybridized carbons (Fsp3) is 0.414. The number of carbonyl (C=O) groups is 2. The summed E-state index contributed by atoms with van der Waals surface area (Å²) in [6.07, 6.45) is 5.43. The molecule has 1 heterocycles. The topological polar surface area (TPSA) is 110 Å². The number of aromatic nitrogens is 2. The standard InChI is InChI=1S/C29H38N4O4S2/c1-4-5-11-27-30-17-25(18-31-28(34)24(20-38)16-21(2)3)33(27)19-22-12-14-23(15-13-22)29(35)32-39(36,37)26-9-7-6-8-10-26/h6-10,12-15,17,21,24,38H,4-5,11,16,18-20H2,1-3H3,(H,31,34)(H,32,35). The van der Waals surface area contributed by atoms with Crippen LogP contribution in [0.2, 0.25) is 0 Å². The van der Waals surface area contributed by atoms with Crippen LogP contribution in [0.1, 0.15) is 67.5 Å². The van der Waals surface area contributed by atoms with E-state index < -0.39 is 15.9 Å². The van der Waals surface area contributed by atoms with Crippen molar-refractivity contribution in [2.24, 2.45) is 11.8 Å². The first-order chi connectivity index (χ1) is 18.6. The van der Waals surface area contributed by atoms with Crippen LogP contribution < -0.4 is 10.0 Å². The minimum absolute atomic E-state index is 0.0117. The zero-order chi connectivity index (χ0) is 28.4. The molecule has 0 aliphatic heterocycles. The predicted octanol–water partition coefficient (Wildman–Crippen LogP) is 4.60. The van der Waals surface area contributed by atoms with Gasteiger partial charge in [-0.2, -0.15) is 12.6 Å². The molecule has 0 bridgehead atoms. The van der Waals surface area contributed by atoms with E-state index in [9.17, 15) is 18.0 Å². The van der Waals surface area contributed by atoms with Gasteiger partial charge >= 0.3 is 0 Å². The monoisotopic (exact) mass is 570 g/mol. The van der Waals surface area contributed by atoms with Crippen LogP contribution in [-0.4, -0.2) is 35.5 Å². The van der Waals surface area contributed by atoms with E-state index in [1.807, 2.05) is 0 Å². The number of imidazole rings is 1. The molecule has 0 saturated carbocycles. The van der Waals surface area contributed by atoms with Crippen LogP contribution in [0.3, 0.4) is 0 Å². The van der Waals surface area contributed by atoms with Gasteiger partial charge in [-0.25, -0.2) is 18.1 Å². The van der Waals surface area contributed by atoms with Gasteiger partial charge in [0.25, 0.3) is 15.9 Å². The lowest BCUT2D eigenvalue weighted by molar-refractivity contribution is -0.124. The van der Waals surface area contributed by atoms with Crippen molar-refractivity contribution in [3.8, 4) is 0 Å². The normalized spacial score (nSPS) is 12.3. The van der Waals surface area contributed by atoms with Gasteiger partial charge in [-0.05, 0) is 48.6 Å². The number of nitrogens with one attached hydrogen (secondary N) is 2. The van der Waals surface area contributed by atoms with Gasteiger partial charge < -0.3 is 9.88 Å². The van der Waals surface area contributed by atoms with Gasteiger partial charge in [-0.15, -0.1) is 0 Å². The van der Waals surface area contributed by atoms with Crippen molar-refractivity contribution in [3.05, 3.63) is 83.4 Å². The molecule has 2 aromatic carbocycles. The first-order valence-electron chi connectivity index (χ1n) is 13.3. The van der Waals surface area contributed by atoms with Crippen LogP contribution in [0.25, 0.3) is 0 Å². The minimum Gasteiger partial charge on any atom is -0.350 e. The summed E-state index contributed by atoms with van der Waals surface area (Å²) in [5.41, 5.74) is 2.06. The summed E-state index contributed by atoms with van der Waals surface area (Å²) < 4.78 is 29.2. The molecule has 0 spiro atoms. The zero-order valence-electron chi connectivity index (χ0n) is 22.8. The Morgan fingerprint density at radius 1 is 1.05 bits per heavy atom. The van der Waals surface area contributed by atoms with E-state index in [1.54, 1.807) is 48.7 Å². The van der Waals surface area contributed by atoms with Crippen LogP contribution in [0.4, 0.5) is 0 Å². The SMILES string of the molecule is CCCCc1ncc(CNC(=O)C(CS)CC(C)C)n1Cc1ccc(C(=O)NS(=O)(=O)c2ccccc2)cc1. The highest BCUT2D eigenvalue weighted by Gasteiger charge is 2.20. The lowest BCUT2D eigenvalue weighted by Crippen LogP contribution is -2.33. The lowest BCUT2D eigenvalue weighted by atomic mass is 9.98. The molecule has 210 valence electrons. The van der Waals surface area contributed by atoms with Gasteiger partial charge in [0.1, 0.15) is 5.82 Å². The molecule has 2 N–H and O–H groups in total. The molecule has 10 heteroatoms. The summed E-state index contributed by atoms with van der Waals surface area (Å²) in [4.78, 5) is 30.0. The van der Waals surface area contributed by atoms with Crippen LogP contribution in [0.5, 0.6) is 0 Å². The molecule has 0 fully saturated rings. The van der Waals surface area contributed by atoms with Crippen LogP contribution in [0, 0.1) is 11.8 Å².